The number of hydrogen-bond donors (Lipinski definition) is 1. The smallest absolute Gasteiger partial charge is 0.127 e. The highest BCUT2D eigenvalue weighted by Gasteiger charge is 1.94. The molecule has 0 bridgehead atoms. The Hall–Kier alpha value is -1.56. The van der Waals surface area contributed by atoms with Gasteiger partial charge in [0.05, 0.1) is 11.6 Å². The minimum Gasteiger partial charge on any atom is -0.370 e. The van der Waals surface area contributed by atoms with Crippen LogP contribution in [0.5, 0.6) is 0 Å². The van der Waals surface area contributed by atoms with Crippen LogP contribution in [0.2, 0.25) is 0 Å². The summed E-state index contributed by atoms with van der Waals surface area (Å²) in [5.74, 6) is 0.792. The van der Waals surface area contributed by atoms with E-state index in [0.717, 1.165) is 18.8 Å². The second-order valence-electron chi connectivity index (χ2n) is 3.18. The largest absolute Gasteiger partial charge is 0.370 e. The summed E-state index contributed by atoms with van der Waals surface area (Å²) in [6.45, 7) is 3.10. The van der Waals surface area contributed by atoms with E-state index >= 15 is 0 Å². The van der Waals surface area contributed by atoms with Gasteiger partial charge >= 0.3 is 0 Å². The Labute approximate surface area is 84.8 Å². The number of pyridine rings is 1. The molecule has 1 N–H and O–H groups in total. The quantitative estimate of drug-likeness (QED) is 0.724. The minimum absolute atomic E-state index is 0.651. The SMILES string of the molecule is CCCCCNc1cc(C#N)ccn1. The molecule has 0 aliphatic rings. The summed E-state index contributed by atoms with van der Waals surface area (Å²) in [7, 11) is 0. The van der Waals surface area contributed by atoms with Crippen molar-refractivity contribution in [1.82, 2.24) is 4.98 Å². The highest BCUT2D eigenvalue weighted by molar-refractivity contribution is 5.42. The molecule has 0 fully saturated rings. The predicted molar refractivity (Wildman–Crippen MR) is 57.0 cm³/mol. The number of rotatable bonds is 5. The molecule has 0 aromatic carbocycles. The van der Waals surface area contributed by atoms with Crippen LogP contribution in [0.1, 0.15) is 31.7 Å². The van der Waals surface area contributed by atoms with Crippen LogP contribution >= 0.6 is 0 Å². The van der Waals surface area contributed by atoms with Crippen molar-refractivity contribution < 1.29 is 0 Å². The first-order valence-corrected chi connectivity index (χ1v) is 4.97. The third-order valence-electron chi connectivity index (χ3n) is 1.98. The molecular formula is C11H15N3. The van der Waals surface area contributed by atoms with Gasteiger partial charge in [-0.25, -0.2) is 4.98 Å². The van der Waals surface area contributed by atoms with Gasteiger partial charge in [0, 0.05) is 12.7 Å². The Morgan fingerprint density at radius 2 is 2.36 bits per heavy atom. The van der Waals surface area contributed by atoms with E-state index in [0.29, 0.717) is 5.56 Å². The van der Waals surface area contributed by atoms with E-state index in [2.05, 4.69) is 23.3 Å². The Morgan fingerprint density at radius 3 is 3.07 bits per heavy atom. The van der Waals surface area contributed by atoms with Gasteiger partial charge in [-0.1, -0.05) is 19.8 Å². The van der Waals surface area contributed by atoms with Crippen LogP contribution in [0, 0.1) is 11.3 Å². The summed E-state index contributed by atoms with van der Waals surface area (Å²) in [6, 6.07) is 5.56. The molecule has 74 valence electrons. The normalized spacial score (nSPS) is 9.43. The fourth-order valence-electron chi connectivity index (χ4n) is 1.19. The van der Waals surface area contributed by atoms with Gasteiger partial charge in [-0.3, -0.25) is 0 Å². The van der Waals surface area contributed by atoms with Crippen molar-refractivity contribution in [3.05, 3.63) is 23.9 Å². The van der Waals surface area contributed by atoms with Crippen molar-refractivity contribution in [2.75, 3.05) is 11.9 Å². The summed E-state index contributed by atoms with van der Waals surface area (Å²) in [5, 5.41) is 11.9. The van der Waals surface area contributed by atoms with Gasteiger partial charge in [-0.15, -0.1) is 0 Å². The summed E-state index contributed by atoms with van der Waals surface area (Å²) >= 11 is 0. The van der Waals surface area contributed by atoms with Gasteiger partial charge in [0.25, 0.3) is 0 Å². The molecule has 0 unspecified atom stereocenters. The first-order chi connectivity index (χ1) is 6.86. The molecular weight excluding hydrogens is 174 g/mol. The fraction of sp³-hybridized carbons (Fsp3) is 0.455. The predicted octanol–water partition coefficient (Wildman–Crippen LogP) is 2.56. The first kappa shape index (κ1) is 10.5. The van der Waals surface area contributed by atoms with Gasteiger partial charge in [-0.2, -0.15) is 5.26 Å². The molecule has 14 heavy (non-hydrogen) atoms. The Balaban J connectivity index is 2.39. The van der Waals surface area contributed by atoms with Crippen LogP contribution in [0.3, 0.4) is 0 Å². The van der Waals surface area contributed by atoms with Gasteiger partial charge in [0.2, 0.25) is 0 Å². The third kappa shape index (κ3) is 3.44. The molecule has 1 rings (SSSR count). The zero-order valence-electron chi connectivity index (χ0n) is 8.45. The van der Waals surface area contributed by atoms with Crippen molar-refractivity contribution >= 4 is 5.82 Å². The lowest BCUT2D eigenvalue weighted by molar-refractivity contribution is 0.742. The van der Waals surface area contributed by atoms with Crippen LogP contribution in [-0.4, -0.2) is 11.5 Å². The molecule has 1 heterocycles. The fourth-order valence-corrected chi connectivity index (χ4v) is 1.19. The van der Waals surface area contributed by atoms with E-state index in [1.807, 2.05) is 0 Å². The van der Waals surface area contributed by atoms with E-state index in [4.69, 9.17) is 5.26 Å². The van der Waals surface area contributed by atoms with Crippen LogP contribution in [0.4, 0.5) is 5.82 Å². The van der Waals surface area contributed by atoms with Crippen molar-refractivity contribution in [2.24, 2.45) is 0 Å². The maximum absolute atomic E-state index is 8.67. The summed E-state index contributed by atoms with van der Waals surface area (Å²) in [6.07, 6.45) is 5.24. The standard InChI is InChI=1S/C11H15N3/c1-2-3-4-6-13-11-8-10(9-12)5-7-14-11/h5,7-8H,2-4,6H2,1H3,(H,13,14). The molecule has 0 aliphatic carbocycles. The highest BCUT2D eigenvalue weighted by atomic mass is 15.0. The van der Waals surface area contributed by atoms with Crippen LogP contribution < -0.4 is 5.32 Å². The molecule has 3 nitrogen and oxygen atoms in total. The lowest BCUT2D eigenvalue weighted by atomic mass is 10.2. The summed E-state index contributed by atoms with van der Waals surface area (Å²) < 4.78 is 0. The maximum Gasteiger partial charge on any atom is 0.127 e. The molecule has 0 aliphatic heterocycles. The molecule has 1 aromatic heterocycles. The van der Waals surface area contributed by atoms with Gasteiger partial charge in [0.1, 0.15) is 5.82 Å². The Bertz CT molecular complexity index is 315. The zero-order chi connectivity index (χ0) is 10.2. The first-order valence-electron chi connectivity index (χ1n) is 4.97. The van der Waals surface area contributed by atoms with Gasteiger partial charge in [-0.05, 0) is 18.6 Å². The van der Waals surface area contributed by atoms with Crippen molar-refractivity contribution in [2.45, 2.75) is 26.2 Å². The average Bonchev–Trinajstić information content (AvgIpc) is 2.25. The summed E-state index contributed by atoms with van der Waals surface area (Å²) in [4.78, 5) is 4.12. The van der Waals surface area contributed by atoms with Gasteiger partial charge < -0.3 is 5.32 Å². The topological polar surface area (TPSA) is 48.7 Å². The zero-order valence-corrected chi connectivity index (χ0v) is 8.45. The number of nitrogens with one attached hydrogen (secondary N) is 1. The highest BCUT2D eigenvalue weighted by Crippen LogP contribution is 2.05. The Morgan fingerprint density at radius 1 is 1.50 bits per heavy atom. The molecule has 3 heteroatoms. The number of anilines is 1. The van der Waals surface area contributed by atoms with Crippen molar-refractivity contribution in [3.63, 3.8) is 0 Å². The molecule has 0 amide bonds. The Kier molecular flexibility index (Phi) is 4.49. The van der Waals surface area contributed by atoms with E-state index in [-0.39, 0.29) is 0 Å². The van der Waals surface area contributed by atoms with E-state index in [1.54, 1.807) is 18.3 Å². The molecule has 0 radical (unpaired) electrons. The van der Waals surface area contributed by atoms with E-state index < -0.39 is 0 Å². The van der Waals surface area contributed by atoms with E-state index in [1.165, 1.54) is 12.8 Å². The lowest BCUT2D eigenvalue weighted by Gasteiger charge is -2.04. The average molecular weight is 189 g/mol. The number of nitrogens with zero attached hydrogens (tertiary/aromatic N) is 2. The van der Waals surface area contributed by atoms with Crippen LogP contribution in [0.15, 0.2) is 18.3 Å². The molecule has 0 atom stereocenters. The second kappa shape index (κ2) is 5.98. The number of aromatic nitrogens is 1. The molecule has 0 saturated heterocycles. The van der Waals surface area contributed by atoms with Crippen molar-refractivity contribution in [1.29, 1.82) is 5.26 Å². The molecule has 0 saturated carbocycles. The van der Waals surface area contributed by atoms with Crippen LogP contribution in [-0.2, 0) is 0 Å². The third-order valence-corrected chi connectivity index (χ3v) is 1.98. The van der Waals surface area contributed by atoms with Crippen LogP contribution in [0.25, 0.3) is 0 Å². The van der Waals surface area contributed by atoms with Crippen molar-refractivity contribution in [3.8, 4) is 6.07 Å². The minimum atomic E-state index is 0.651. The molecule has 1 aromatic rings. The van der Waals surface area contributed by atoms with E-state index in [9.17, 15) is 0 Å². The second-order valence-corrected chi connectivity index (χ2v) is 3.18. The summed E-state index contributed by atoms with van der Waals surface area (Å²) in [5.41, 5.74) is 0.651. The number of unbranched alkanes of at least 4 members (excludes halogenated alkanes) is 2. The lowest BCUT2D eigenvalue weighted by Crippen LogP contribution is -2.02. The monoisotopic (exact) mass is 189 g/mol. The number of nitriles is 1. The maximum atomic E-state index is 8.67. The number of hydrogen-bond acceptors (Lipinski definition) is 3. The molecule has 0 spiro atoms. The van der Waals surface area contributed by atoms with Gasteiger partial charge in [0.15, 0.2) is 0 Å².